The van der Waals surface area contributed by atoms with Crippen LogP contribution in [0.15, 0.2) is 138 Å². The second kappa shape index (κ2) is 18.7. The van der Waals surface area contributed by atoms with Gasteiger partial charge in [0, 0.05) is 79.7 Å². The van der Waals surface area contributed by atoms with Crippen LogP contribution in [-0.2, 0) is 26.9 Å². The van der Waals surface area contributed by atoms with Crippen LogP contribution in [0.5, 0.6) is 0 Å². The Labute approximate surface area is 408 Å². The van der Waals surface area contributed by atoms with Gasteiger partial charge in [0.1, 0.15) is 11.0 Å². The van der Waals surface area contributed by atoms with Crippen molar-refractivity contribution in [3.8, 4) is 27.9 Å². The standard InChI is InChI=1S/C27H22ClIN4O.C24H24IN5O/c1-17(13-23-22(29)11-12-25(28)31-23)24-14-18-7-6-10-21(19-15-30-32(2)16-19)26(18)27(34)33(24)20-8-4-3-5-9-20;1-14(10-20-19(25)8-9-22(26)28-20)21-11-15-4-3-5-18(16-12-27-29(2)13-16)23(15)24(31)30(21)17-6-7-17/h3-12,14-17H,13H2,1-2H3;3-5,8-9,11-14,17H,6-7,10H2,1-2H3,(H2,26,28)/t17-;14-/m11/s1. The van der Waals surface area contributed by atoms with E-state index >= 15 is 0 Å². The molecule has 0 aliphatic heterocycles. The number of hydrogen-bond donors (Lipinski definition) is 1. The molecule has 0 bridgehead atoms. The lowest BCUT2D eigenvalue weighted by molar-refractivity contribution is 0.601. The van der Waals surface area contributed by atoms with E-state index in [0.717, 1.165) is 93.3 Å². The zero-order valence-corrected chi connectivity index (χ0v) is 41.4. The number of aryl methyl sites for hydroxylation is 2. The monoisotopic (exact) mass is 1110 g/mol. The SMILES string of the molecule is C[C@H](Cc1nc(Cl)ccc1I)c1cc2cccc(-c3cnn(C)c3)c2c(=O)n1-c1ccccc1.C[C@H](Cc1nc(N)ccc1I)c1cc2cccc(-c3cnn(C)c3)c2c(=O)n1C1CC1. The minimum atomic E-state index is -0.0428. The summed E-state index contributed by atoms with van der Waals surface area (Å²) in [5.41, 5.74) is 14.4. The van der Waals surface area contributed by atoms with Crippen molar-refractivity contribution in [2.24, 2.45) is 14.1 Å². The van der Waals surface area contributed by atoms with Crippen LogP contribution in [0, 0.1) is 7.14 Å². The van der Waals surface area contributed by atoms with Crippen LogP contribution in [0.3, 0.4) is 0 Å². The Balaban J connectivity index is 0.000000165. The summed E-state index contributed by atoms with van der Waals surface area (Å²) < 4.78 is 9.54. The number of nitrogen functional groups attached to an aromatic ring is 1. The molecule has 1 aliphatic carbocycles. The van der Waals surface area contributed by atoms with Crippen molar-refractivity contribution >= 4 is 84.1 Å². The maximum Gasteiger partial charge on any atom is 0.263 e. The molecule has 65 heavy (non-hydrogen) atoms. The van der Waals surface area contributed by atoms with Gasteiger partial charge in [-0.3, -0.25) is 23.5 Å². The number of para-hydroxylation sites is 1. The third kappa shape index (κ3) is 9.27. The maximum absolute atomic E-state index is 14.1. The summed E-state index contributed by atoms with van der Waals surface area (Å²) in [5.74, 6) is 0.697. The number of hydrogen-bond acceptors (Lipinski definition) is 7. The number of fused-ring (bicyclic) bond motifs is 2. The zero-order chi connectivity index (χ0) is 45.5. The molecule has 1 aliphatic rings. The average Bonchev–Trinajstić information content (AvgIpc) is 3.89. The quantitative estimate of drug-likeness (QED) is 0.107. The van der Waals surface area contributed by atoms with E-state index in [1.165, 1.54) is 0 Å². The lowest BCUT2D eigenvalue weighted by Crippen LogP contribution is -2.25. The van der Waals surface area contributed by atoms with Crippen molar-refractivity contribution in [3.05, 3.63) is 184 Å². The highest BCUT2D eigenvalue weighted by molar-refractivity contribution is 14.1. The lowest BCUT2D eigenvalue weighted by atomic mass is 9.95. The van der Waals surface area contributed by atoms with E-state index in [1.54, 1.807) is 21.6 Å². The fourth-order valence-electron chi connectivity index (χ4n) is 8.71. The van der Waals surface area contributed by atoms with Crippen LogP contribution in [-0.4, -0.2) is 38.7 Å². The number of nitrogens with two attached hydrogens (primary N) is 1. The van der Waals surface area contributed by atoms with Crippen LogP contribution >= 0.6 is 56.8 Å². The van der Waals surface area contributed by atoms with Crippen molar-refractivity contribution in [2.75, 3.05) is 5.73 Å². The predicted octanol–water partition coefficient (Wildman–Crippen LogP) is 11.1. The molecule has 1 saturated carbocycles. The van der Waals surface area contributed by atoms with Gasteiger partial charge in [-0.15, -0.1) is 0 Å². The minimum Gasteiger partial charge on any atom is -0.384 e. The Morgan fingerprint density at radius 1 is 0.677 bits per heavy atom. The lowest BCUT2D eigenvalue weighted by Gasteiger charge is -2.21. The number of halogens is 3. The summed E-state index contributed by atoms with van der Waals surface area (Å²) in [5, 5.41) is 12.4. The number of benzene rings is 3. The topological polar surface area (TPSA) is 131 Å². The number of aromatic nitrogens is 8. The molecule has 3 aromatic carbocycles. The number of nitrogens with zero attached hydrogens (tertiary/aromatic N) is 8. The molecule has 6 aromatic heterocycles. The van der Waals surface area contributed by atoms with Crippen LogP contribution in [0.2, 0.25) is 5.15 Å². The molecule has 0 radical (unpaired) electrons. The first-order valence-electron chi connectivity index (χ1n) is 21.5. The van der Waals surface area contributed by atoms with Crippen molar-refractivity contribution in [2.45, 2.75) is 57.4 Å². The first-order valence-corrected chi connectivity index (χ1v) is 24.0. The van der Waals surface area contributed by atoms with Gasteiger partial charge in [-0.05, 0) is 141 Å². The largest absolute Gasteiger partial charge is 0.384 e. The van der Waals surface area contributed by atoms with Crippen molar-refractivity contribution in [1.82, 2.24) is 38.7 Å². The van der Waals surface area contributed by atoms with Crippen LogP contribution in [0.25, 0.3) is 49.5 Å². The van der Waals surface area contributed by atoms with E-state index in [0.29, 0.717) is 22.8 Å². The average molecular weight is 1110 g/mol. The molecule has 6 heterocycles. The Morgan fingerprint density at radius 2 is 1.22 bits per heavy atom. The van der Waals surface area contributed by atoms with Gasteiger partial charge in [-0.25, -0.2) is 9.97 Å². The second-order valence-electron chi connectivity index (χ2n) is 16.8. The summed E-state index contributed by atoms with van der Waals surface area (Å²) in [4.78, 5) is 37.0. The summed E-state index contributed by atoms with van der Waals surface area (Å²) in [6.07, 6.45) is 11.0. The minimum absolute atomic E-state index is 0.0267. The van der Waals surface area contributed by atoms with Crippen molar-refractivity contribution < 1.29 is 0 Å². The van der Waals surface area contributed by atoms with Crippen LogP contribution < -0.4 is 16.9 Å². The van der Waals surface area contributed by atoms with Gasteiger partial charge in [-0.2, -0.15) is 10.2 Å². The van der Waals surface area contributed by atoms with Crippen LogP contribution in [0.1, 0.15) is 67.3 Å². The molecule has 0 saturated heterocycles. The van der Waals surface area contributed by atoms with E-state index in [2.05, 4.69) is 91.3 Å². The molecule has 2 N–H and O–H groups in total. The first-order chi connectivity index (χ1) is 31.3. The fourth-order valence-corrected chi connectivity index (χ4v) is 9.92. The predicted molar refractivity (Wildman–Crippen MR) is 278 cm³/mol. The molecule has 10 rings (SSSR count). The highest BCUT2D eigenvalue weighted by Gasteiger charge is 2.30. The third-order valence-electron chi connectivity index (χ3n) is 12.0. The van der Waals surface area contributed by atoms with Gasteiger partial charge >= 0.3 is 0 Å². The molecule has 14 heteroatoms. The number of pyridine rings is 4. The van der Waals surface area contributed by atoms with Gasteiger partial charge in [0.05, 0.1) is 34.6 Å². The Kier molecular flexibility index (Phi) is 12.8. The van der Waals surface area contributed by atoms with Crippen molar-refractivity contribution in [3.63, 3.8) is 0 Å². The fraction of sp³-hybridized carbons (Fsp3) is 0.216. The van der Waals surface area contributed by atoms with Gasteiger partial charge in [0.2, 0.25) is 0 Å². The molecule has 0 unspecified atom stereocenters. The highest BCUT2D eigenvalue weighted by atomic mass is 127. The van der Waals surface area contributed by atoms with E-state index in [4.69, 9.17) is 17.3 Å². The maximum atomic E-state index is 14.1. The molecular formula is C51H46ClI2N9O2. The van der Waals surface area contributed by atoms with Gasteiger partial charge in [-0.1, -0.05) is 80.0 Å². The molecule has 11 nitrogen and oxygen atoms in total. The summed E-state index contributed by atoms with van der Waals surface area (Å²) in [6, 6.07) is 34.1. The zero-order valence-electron chi connectivity index (χ0n) is 36.3. The highest BCUT2D eigenvalue weighted by Crippen LogP contribution is 2.39. The molecule has 1 fully saturated rings. The molecular weight excluding hydrogens is 1060 g/mol. The molecule has 2 atom stereocenters. The van der Waals surface area contributed by atoms with E-state index in [1.807, 2.05) is 127 Å². The van der Waals surface area contributed by atoms with Crippen molar-refractivity contribution in [1.29, 1.82) is 0 Å². The Hall–Kier alpha value is -5.65. The molecule has 0 amide bonds. The summed E-state index contributed by atoms with van der Waals surface area (Å²) in [7, 11) is 3.77. The van der Waals surface area contributed by atoms with Crippen LogP contribution in [0.4, 0.5) is 5.82 Å². The molecule has 9 aromatic rings. The number of rotatable bonds is 10. The smallest absolute Gasteiger partial charge is 0.263 e. The summed E-state index contributed by atoms with van der Waals surface area (Å²) >= 11 is 10.8. The first kappa shape index (κ1) is 44.5. The number of anilines is 1. The van der Waals surface area contributed by atoms with E-state index in [9.17, 15) is 9.59 Å². The Bertz CT molecular complexity index is 3360. The summed E-state index contributed by atoms with van der Waals surface area (Å²) in [6.45, 7) is 4.30. The van der Waals surface area contributed by atoms with Gasteiger partial charge < -0.3 is 10.3 Å². The third-order valence-corrected chi connectivity index (χ3v) is 14.2. The Morgan fingerprint density at radius 3 is 1.78 bits per heavy atom. The van der Waals surface area contributed by atoms with E-state index in [-0.39, 0.29) is 29.0 Å². The second-order valence-corrected chi connectivity index (χ2v) is 19.5. The molecule has 0 spiro atoms. The van der Waals surface area contributed by atoms with Gasteiger partial charge in [0.15, 0.2) is 0 Å². The van der Waals surface area contributed by atoms with E-state index < -0.39 is 0 Å². The normalized spacial score (nSPS) is 13.5. The molecule has 328 valence electrons. The van der Waals surface area contributed by atoms with Gasteiger partial charge in [0.25, 0.3) is 11.1 Å².